The summed E-state index contributed by atoms with van der Waals surface area (Å²) >= 11 is 6.02. The van der Waals surface area contributed by atoms with Gasteiger partial charge in [0.25, 0.3) is 0 Å². The third-order valence-corrected chi connectivity index (χ3v) is 4.41. The third kappa shape index (κ3) is 2.54. The normalized spacial score (nSPS) is 32.4. The van der Waals surface area contributed by atoms with Crippen molar-refractivity contribution >= 4 is 11.6 Å². The summed E-state index contributed by atoms with van der Waals surface area (Å²) in [7, 11) is 0. The average Bonchev–Trinajstić information content (AvgIpc) is 2.40. The average molecular weight is 266 g/mol. The standard InChI is InChI=1S/C14H20ClN3/c15-12-3-1-2-11(8-12)9-13(16)14-10-17-4-6-18(14)7-5-17/h1-3,8,13-14H,4-7,9-10,16H2. The zero-order valence-electron chi connectivity index (χ0n) is 10.6. The molecule has 18 heavy (non-hydrogen) atoms. The van der Waals surface area contributed by atoms with Crippen molar-refractivity contribution in [1.29, 1.82) is 0 Å². The van der Waals surface area contributed by atoms with Gasteiger partial charge in [-0.15, -0.1) is 0 Å². The van der Waals surface area contributed by atoms with Crippen molar-refractivity contribution in [3.63, 3.8) is 0 Å². The highest BCUT2D eigenvalue weighted by Gasteiger charge is 2.35. The fraction of sp³-hybridized carbons (Fsp3) is 0.571. The van der Waals surface area contributed by atoms with Crippen molar-refractivity contribution in [2.75, 3.05) is 32.7 Å². The smallest absolute Gasteiger partial charge is 0.0408 e. The quantitative estimate of drug-likeness (QED) is 0.892. The van der Waals surface area contributed by atoms with E-state index in [9.17, 15) is 0 Å². The van der Waals surface area contributed by atoms with Crippen LogP contribution in [-0.4, -0.2) is 54.6 Å². The second-order valence-electron chi connectivity index (χ2n) is 5.40. The molecule has 2 bridgehead atoms. The number of piperazine rings is 3. The van der Waals surface area contributed by atoms with E-state index in [2.05, 4.69) is 15.9 Å². The highest BCUT2D eigenvalue weighted by molar-refractivity contribution is 6.30. The van der Waals surface area contributed by atoms with Gasteiger partial charge in [-0.3, -0.25) is 9.80 Å². The number of rotatable bonds is 3. The minimum absolute atomic E-state index is 0.201. The van der Waals surface area contributed by atoms with E-state index >= 15 is 0 Å². The second kappa shape index (κ2) is 5.17. The number of hydrogen-bond donors (Lipinski definition) is 1. The molecule has 3 saturated heterocycles. The summed E-state index contributed by atoms with van der Waals surface area (Å²) in [4.78, 5) is 5.08. The Labute approximate surface area is 114 Å². The van der Waals surface area contributed by atoms with Gasteiger partial charge in [0.05, 0.1) is 0 Å². The van der Waals surface area contributed by atoms with Crippen LogP contribution in [-0.2, 0) is 6.42 Å². The lowest BCUT2D eigenvalue weighted by Crippen LogP contribution is -2.66. The first-order valence-corrected chi connectivity index (χ1v) is 7.06. The van der Waals surface area contributed by atoms with Gasteiger partial charge in [0.15, 0.2) is 0 Å². The number of fused-ring (bicyclic) bond motifs is 3. The van der Waals surface area contributed by atoms with Crippen LogP contribution < -0.4 is 5.73 Å². The topological polar surface area (TPSA) is 32.5 Å². The van der Waals surface area contributed by atoms with Gasteiger partial charge >= 0.3 is 0 Å². The molecule has 3 heterocycles. The minimum Gasteiger partial charge on any atom is -0.326 e. The van der Waals surface area contributed by atoms with E-state index in [-0.39, 0.29) is 6.04 Å². The van der Waals surface area contributed by atoms with Crippen LogP contribution in [0.3, 0.4) is 0 Å². The monoisotopic (exact) mass is 265 g/mol. The van der Waals surface area contributed by atoms with Gasteiger partial charge < -0.3 is 5.73 Å². The zero-order valence-corrected chi connectivity index (χ0v) is 11.3. The van der Waals surface area contributed by atoms with Gasteiger partial charge in [0, 0.05) is 49.8 Å². The molecule has 3 aliphatic rings. The molecule has 0 saturated carbocycles. The summed E-state index contributed by atoms with van der Waals surface area (Å²) in [5.41, 5.74) is 7.65. The molecule has 4 heteroatoms. The molecular formula is C14H20ClN3. The van der Waals surface area contributed by atoms with Crippen molar-refractivity contribution in [3.05, 3.63) is 34.9 Å². The molecule has 0 spiro atoms. The Morgan fingerprint density at radius 1 is 1.28 bits per heavy atom. The third-order valence-electron chi connectivity index (χ3n) is 4.18. The maximum Gasteiger partial charge on any atom is 0.0408 e. The first-order chi connectivity index (χ1) is 8.72. The molecule has 2 unspecified atom stereocenters. The van der Waals surface area contributed by atoms with Crippen LogP contribution >= 0.6 is 11.6 Å². The maximum absolute atomic E-state index is 6.41. The molecule has 3 fully saturated rings. The van der Waals surface area contributed by atoms with E-state index in [0.717, 1.165) is 18.0 Å². The Bertz CT molecular complexity index is 415. The van der Waals surface area contributed by atoms with Gasteiger partial charge in [-0.25, -0.2) is 0 Å². The summed E-state index contributed by atoms with van der Waals surface area (Å²) in [6.45, 7) is 5.89. The summed E-state index contributed by atoms with van der Waals surface area (Å²) < 4.78 is 0. The predicted octanol–water partition coefficient (Wildman–Crippen LogP) is 1.21. The molecule has 4 rings (SSSR count). The Balaban J connectivity index is 1.66. The van der Waals surface area contributed by atoms with Gasteiger partial charge in [0.1, 0.15) is 0 Å². The molecule has 1 aromatic carbocycles. The van der Waals surface area contributed by atoms with Crippen LogP contribution in [0.4, 0.5) is 0 Å². The fourth-order valence-electron chi connectivity index (χ4n) is 3.14. The first kappa shape index (κ1) is 12.4. The molecular weight excluding hydrogens is 246 g/mol. The lowest BCUT2D eigenvalue weighted by molar-refractivity contribution is 0.00259. The van der Waals surface area contributed by atoms with E-state index in [1.807, 2.05) is 18.2 Å². The lowest BCUT2D eigenvalue weighted by Gasteiger charge is -2.49. The minimum atomic E-state index is 0.201. The Hall–Kier alpha value is -0.610. The lowest BCUT2D eigenvalue weighted by atomic mass is 9.95. The van der Waals surface area contributed by atoms with Crippen LogP contribution in [0.15, 0.2) is 24.3 Å². The van der Waals surface area contributed by atoms with Crippen LogP contribution in [0.5, 0.6) is 0 Å². The van der Waals surface area contributed by atoms with Crippen LogP contribution in [0.1, 0.15) is 5.56 Å². The number of nitrogens with zero attached hydrogens (tertiary/aromatic N) is 2. The van der Waals surface area contributed by atoms with Crippen molar-refractivity contribution in [2.24, 2.45) is 5.73 Å². The van der Waals surface area contributed by atoms with Gasteiger partial charge in [0.2, 0.25) is 0 Å². The molecule has 3 aliphatic heterocycles. The van der Waals surface area contributed by atoms with Crippen molar-refractivity contribution in [1.82, 2.24) is 9.80 Å². The number of hydrogen-bond acceptors (Lipinski definition) is 3. The Morgan fingerprint density at radius 2 is 2.06 bits per heavy atom. The highest BCUT2D eigenvalue weighted by atomic mass is 35.5. The highest BCUT2D eigenvalue weighted by Crippen LogP contribution is 2.20. The van der Waals surface area contributed by atoms with E-state index in [1.54, 1.807) is 0 Å². The molecule has 98 valence electrons. The van der Waals surface area contributed by atoms with E-state index in [4.69, 9.17) is 17.3 Å². The molecule has 0 radical (unpaired) electrons. The molecule has 3 nitrogen and oxygen atoms in total. The number of halogens is 1. The van der Waals surface area contributed by atoms with E-state index < -0.39 is 0 Å². The first-order valence-electron chi connectivity index (χ1n) is 6.69. The summed E-state index contributed by atoms with van der Waals surface area (Å²) in [5.74, 6) is 0. The van der Waals surface area contributed by atoms with E-state index in [1.165, 1.54) is 31.7 Å². The Morgan fingerprint density at radius 3 is 2.67 bits per heavy atom. The molecule has 0 amide bonds. The number of benzene rings is 1. The van der Waals surface area contributed by atoms with Crippen LogP contribution in [0.25, 0.3) is 0 Å². The Kier molecular flexibility index (Phi) is 3.57. The fourth-order valence-corrected chi connectivity index (χ4v) is 3.35. The predicted molar refractivity (Wildman–Crippen MR) is 74.9 cm³/mol. The molecule has 0 aromatic heterocycles. The second-order valence-corrected chi connectivity index (χ2v) is 5.84. The van der Waals surface area contributed by atoms with Gasteiger partial charge in [-0.2, -0.15) is 0 Å². The maximum atomic E-state index is 6.41. The molecule has 0 aliphatic carbocycles. The summed E-state index contributed by atoms with van der Waals surface area (Å²) in [5, 5.41) is 0.800. The summed E-state index contributed by atoms with van der Waals surface area (Å²) in [6, 6.07) is 8.76. The molecule has 2 atom stereocenters. The van der Waals surface area contributed by atoms with Crippen molar-refractivity contribution in [2.45, 2.75) is 18.5 Å². The molecule has 2 N–H and O–H groups in total. The van der Waals surface area contributed by atoms with Crippen molar-refractivity contribution in [3.8, 4) is 0 Å². The van der Waals surface area contributed by atoms with Crippen LogP contribution in [0.2, 0.25) is 5.02 Å². The SMILES string of the molecule is NC(Cc1cccc(Cl)c1)C1CN2CCN1CC2. The van der Waals surface area contributed by atoms with E-state index in [0.29, 0.717) is 6.04 Å². The zero-order chi connectivity index (χ0) is 12.5. The van der Waals surface area contributed by atoms with Gasteiger partial charge in [-0.05, 0) is 24.1 Å². The summed E-state index contributed by atoms with van der Waals surface area (Å²) in [6.07, 6.45) is 0.912. The van der Waals surface area contributed by atoms with Crippen molar-refractivity contribution < 1.29 is 0 Å². The largest absolute Gasteiger partial charge is 0.326 e. The van der Waals surface area contributed by atoms with Gasteiger partial charge in [-0.1, -0.05) is 23.7 Å². The number of nitrogens with two attached hydrogens (primary N) is 1. The molecule has 1 aromatic rings. The van der Waals surface area contributed by atoms with Crippen LogP contribution in [0, 0.1) is 0 Å².